The van der Waals surface area contributed by atoms with Gasteiger partial charge in [-0.1, -0.05) is 29.8 Å². The molecule has 1 unspecified atom stereocenters. The third-order valence-corrected chi connectivity index (χ3v) is 7.51. The number of tetrazole rings is 1. The number of esters is 1. The molecule has 0 radical (unpaired) electrons. The van der Waals surface area contributed by atoms with Gasteiger partial charge < -0.3 is 9.30 Å². The lowest BCUT2D eigenvalue weighted by Gasteiger charge is -2.16. The Morgan fingerprint density at radius 2 is 1.88 bits per heavy atom. The molecule has 3 heterocycles. The fourth-order valence-corrected chi connectivity index (χ4v) is 5.81. The summed E-state index contributed by atoms with van der Waals surface area (Å²) in [5.41, 5.74) is 3.79. The summed E-state index contributed by atoms with van der Waals surface area (Å²) < 4.78 is 30.7. The average molecular weight is 472 g/mol. The number of carbonyl (C=O) groups excluding carboxylic acids is 2. The van der Waals surface area contributed by atoms with Gasteiger partial charge in [0.1, 0.15) is 0 Å². The van der Waals surface area contributed by atoms with Crippen molar-refractivity contribution in [3.63, 3.8) is 0 Å². The van der Waals surface area contributed by atoms with Crippen LogP contribution in [0.2, 0.25) is 0 Å². The topological polar surface area (TPSA) is 126 Å². The third kappa shape index (κ3) is 5.03. The van der Waals surface area contributed by atoms with Gasteiger partial charge in [-0.2, -0.15) is 4.80 Å². The number of nitrogens with zero attached hydrogens (tertiary/aromatic N) is 5. The molecule has 4 rings (SSSR count). The first-order valence-electron chi connectivity index (χ1n) is 10.6. The zero-order valence-electron chi connectivity index (χ0n) is 18.7. The van der Waals surface area contributed by atoms with Crippen molar-refractivity contribution in [1.29, 1.82) is 0 Å². The van der Waals surface area contributed by atoms with Crippen LogP contribution in [0.3, 0.4) is 0 Å². The molecule has 2 aromatic heterocycles. The minimum Gasteiger partial charge on any atom is -0.456 e. The first kappa shape index (κ1) is 22.8. The number of carbonyl (C=O) groups is 2. The molecule has 0 amide bonds. The van der Waals surface area contributed by atoms with Crippen LogP contribution in [0.25, 0.3) is 11.4 Å². The van der Waals surface area contributed by atoms with Gasteiger partial charge in [-0.15, -0.1) is 10.2 Å². The molecule has 11 heteroatoms. The lowest BCUT2D eigenvalue weighted by atomic mass is 10.1. The molecule has 33 heavy (non-hydrogen) atoms. The van der Waals surface area contributed by atoms with Crippen molar-refractivity contribution in [3.8, 4) is 11.4 Å². The molecule has 1 aliphatic rings. The van der Waals surface area contributed by atoms with E-state index in [1.165, 1.54) is 0 Å². The Morgan fingerprint density at radius 1 is 1.15 bits per heavy atom. The van der Waals surface area contributed by atoms with E-state index in [2.05, 4.69) is 15.4 Å². The van der Waals surface area contributed by atoms with E-state index < -0.39 is 22.4 Å². The van der Waals surface area contributed by atoms with Gasteiger partial charge in [0.2, 0.25) is 11.6 Å². The normalized spacial score (nSPS) is 17.2. The Morgan fingerprint density at radius 3 is 2.55 bits per heavy atom. The van der Waals surface area contributed by atoms with E-state index in [0.717, 1.165) is 21.6 Å². The predicted molar refractivity (Wildman–Crippen MR) is 119 cm³/mol. The van der Waals surface area contributed by atoms with Gasteiger partial charge in [0, 0.05) is 28.6 Å². The van der Waals surface area contributed by atoms with E-state index >= 15 is 0 Å². The van der Waals surface area contributed by atoms with E-state index in [4.69, 9.17) is 4.74 Å². The molecule has 174 valence electrons. The molecule has 0 bridgehead atoms. The van der Waals surface area contributed by atoms with E-state index in [0.29, 0.717) is 23.5 Å². The fraction of sp³-hybridized carbons (Fsp3) is 0.409. The highest BCUT2D eigenvalue weighted by atomic mass is 32.2. The number of benzene rings is 1. The lowest BCUT2D eigenvalue weighted by molar-refractivity contribution is -0.143. The molecule has 1 aliphatic heterocycles. The maximum atomic E-state index is 12.7. The maximum Gasteiger partial charge on any atom is 0.330 e. The van der Waals surface area contributed by atoms with Gasteiger partial charge in [0.25, 0.3) is 0 Å². The first-order chi connectivity index (χ1) is 15.6. The summed E-state index contributed by atoms with van der Waals surface area (Å²) in [7, 11) is -3.05. The van der Waals surface area contributed by atoms with Crippen LogP contribution in [0.4, 0.5) is 0 Å². The van der Waals surface area contributed by atoms with Crippen LogP contribution in [-0.2, 0) is 25.9 Å². The minimum absolute atomic E-state index is 0.0709. The van der Waals surface area contributed by atoms with Crippen LogP contribution in [0, 0.1) is 20.8 Å². The molecular weight excluding hydrogens is 446 g/mol. The van der Waals surface area contributed by atoms with Crippen LogP contribution in [0.1, 0.15) is 39.8 Å². The Hall–Kier alpha value is -3.34. The summed E-state index contributed by atoms with van der Waals surface area (Å²) in [4.78, 5) is 26.0. The van der Waals surface area contributed by atoms with Crippen molar-refractivity contribution in [2.75, 3.05) is 18.1 Å². The number of hydrogen-bond acceptors (Lipinski definition) is 8. The van der Waals surface area contributed by atoms with Gasteiger partial charge in [-0.05, 0) is 38.5 Å². The van der Waals surface area contributed by atoms with Crippen LogP contribution in [0.5, 0.6) is 0 Å². The second-order valence-corrected chi connectivity index (χ2v) is 10.5. The highest BCUT2D eigenvalue weighted by Gasteiger charge is 2.31. The molecule has 3 aromatic rings. The predicted octanol–water partition coefficient (Wildman–Crippen LogP) is 1.85. The summed E-state index contributed by atoms with van der Waals surface area (Å²) in [6.07, 6.45) is 0.525. The molecule has 1 saturated heterocycles. The first-order valence-corrected chi connectivity index (χ1v) is 12.4. The highest BCUT2D eigenvalue weighted by molar-refractivity contribution is 7.91. The number of aromatic nitrogens is 5. The number of rotatable bonds is 7. The highest BCUT2D eigenvalue weighted by Crippen LogP contribution is 2.29. The zero-order valence-corrected chi connectivity index (χ0v) is 19.5. The van der Waals surface area contributed by atoms with E-state index in [9.17, 15) is 18.0 Å². The quantitative estimate of drug-likeness (QED) is 0.377. The fourth-order valence-electron chi connectivity index (χ4n) is 4.11. The molecule has 0 N–H and O–H groups in total. The monoisotopic (exact) mass is 471 g/mol. The van der Waals surface area contributed by atoms with E-state index in [1.54, 1.807) is 13.0 Å². The number of ether oxygens (including phenoxy) is 1. The van der Waals surface area contributed by atoms with Crippen LogP contribution < -0.4 is 0 Å². The Kier molecular flexibility index (Phi) is 6.15. The maximum absolute atomic E-state index is 12.7. The second-order valence-electron chi connectivity index (χ2n) is 8.31. The largest absolute Gasteiger partial charge is 0.456 e. The Bertz CT molecular complexity index is 1310. The molecule has 10 nitrogen and oxygen atoms in total. The molecule has 0 aliphatic carbocycles. The standard InChI is InChI=1S/C22H25N5O5S/c1-14-4-6-17(7-5-14)22-23-25-26(24-22)11-21(29)32-12-20(28)19-10-15(2)27(16(19)3)18-8-9-33(30,31)13-18/h4-7,10,18H,8-9,11-13H2,1-3H3. The second kappa shape index (κ2) is 8.89. The van der Waals surface area contributed by atoms with Gasteiger partial charge in [0.05, 0.1) is 11.5 Å². The summed E-state index contributed by atoms with van der Waals surface area (Å²) in [5, 5.41) is 12.0. The summed E-state index contributed by atoms with van der Waals surface area (Å²) in [6.45, 7) is 4.89. The van der Waals surface area contributed by atoms with E-state index in [1.807, 2.05) is 42.7 Å². The van der Waals surface area contributed by atoms with Crippen molar-refractivity contribution in [3.05, 3.63) is 52.8 Å². The van der Waals surface area contributed by atoms with Crippen LogP contribution in [0.15, 0.2) is 30.3 Å². The van der Waals surface area contributed by atoms with Crippen LogP contribution >= 0.6 is 0 Å². The van der Waals surface area contributed by atoms with Crippen molar-refractivity contribution in [2.24, 2.45) is 0 Å². The van der Waals surface area contributed by atoms with Crippen molar-refractivity contribution in [2.45, 2.75) is 39.8 Å². The molecule has 0 spiro atoms. The number of hydrogen-bond donors (Lipinski definition) is 0. The van der Waals surface area contributed by atoms with Gasteiger partial charge >= 0.3 is 5.97 Å². The van der Waals surface area contributed by atoms with Gasteiger partial charge in [0.15, 0.2) is 23.0 Å². The smallest absolute Gasteiger partial charge is 0.330 e. The number of ketones is 1. The van der Waals surface area contributed by atoms with Crippen molar-refractivity contribution in [1.82, 2.24) is 24.8 Å². The third-order valence-electron chi connectivity index (χ3n) is 5.76. The molecule has 1 aromatic carbocycles. The van der Waals surface area contributed by atoms with Crippen molar-refractivity contribution >= 4 is 21.6 Å². The minimum atomic E-state index is -3.05. The Balaban J connectivity index is 1.36. The summed E-state index contributed by atoms with van der Waals surface area (Å²) in [6, 6.07) is 9.12. The molecule has 0 saturated carbocycles. The number of sulfone groups is 1. The average Bonchev–Trinajstić information content (AvgIpc) is 3.44. The van der Waals surface area contributed by atoms with Crippen molar-refractivity contribution < 1.29 is 22.7 Å². The summed E-state index contributed by atoms with van der Waals surface area (Å²) in [5.74, 6) is -0.401. The number of aryl methyl sites for hydroxylation is 2. The van der Waals surface area contributed by atoms with Gasteiger partial charge in [-0.25, -0.2) is 13.2 Å². The van der Waals surface area contributed by atoms with Crippen LogP contribution in [-0.4, -0.2) is 63.1 Å². The number of Topliss-reactive ketones (excluding diaryl/α,β-unsaturated/α-hetero) is 1. The summed E-state index contributed by atoms with van der Waals surface area (Å²) >= 11 is 0. The molecular formula is C22H25N5O5S. The zero-order chi connectivity index (χ0) is 23.8. The SMILES string of the molecule is Cc1ccc(-c2nnn(CC(=O)OCC(=O)c3cc(C)n(C4CCS(=O)(=O)C4)c3C)n2)cc1. The lowest BCUT2D eigenvalue weighted by Crippen LogP contribution is -2.20. The Labute approximate surface area is 191 Å². The van der Waals surface area contributed by atoms with E-state index in [-0.39, 0.29) is 29.9 Å². The molecule has 1 atom stereocenters. The molecule has 1 fully saturated rings. The van der Waals surface area contributed by atoms with Gasteiger partial charge in [-0.3, -0.25) is 4.79 Å².